The molecule has 0 radical (unpaired) electrons. The van der Waals surface area contributed by atoms with Gasteiger partial charge in [0.2, 0.25) is 0 Å². The highest BCUT2D eigenvalue weighted by Gasteiger charge is 2.46. The predicted octanol–water partition coefficient (Wildman–Crippen LogP) is 0.114. The van der Waals surface area contributed by atoms with Crippen LogP contribution in [0.5, 0.6) is 0 Å². The van der Waals surface area contributed by atoms with Crippen molar-refractivity contribution in [1.82, 2.24) is 14.8 Å². The second kappa shape index (κ2) is 2.29. The second-order valence-corrected chi connectivity index (χ2v) is 3.61. The molecule has 1 aliphatic carbocycles. The van der Waals surface area contributed by atoms with Gasteiger partial charge in [-0.05, 0) is 19.8 Å². The van der Waals surface area contributed by atoms with Crippen LogP contribution in [0.15, 0.2) is 0 Å². The van der Waals surface area contributed by atoms with E-state index in [9.17, 15) is 0 Å². The van der Waals surface area contributed by atoms with Gasteiger partial charge in [0.15, 0.2) is 0 Å². The maximum absolute atomic E-state index is 5.70. The molecular formula is C8H14N4. The third-order valence-electron chi connectivity index (χ3n) is 2.81. The lowest BCUT2D eigenvalue weighted by molar-refractivity contribution is 0.608. The SMILES string of the molecule is Cc1nnc(C2(CN)CC2)n1C. The fourth-order valence-electron chi connectivity index (χ4n) is 1.54. The van der Waals surface area contributed by atoms with E-state index < -0.39 is 0 Å². The zero-order valence-electron chi connectivity index (χ0n) is 7.54. The summed E-state index contributed by atoms with van der Waals surface area (Å²) < 4.78 is 2.04. The van der Waals surface area contributed by atoms with Gasteiger partial charge in [-0.2, -0.15) is 0 Å². The van der Waals surface area contributed by atoms with Gasteiger partial charge in [0, 0.05) is 19.0 Å². The zero-order chi connectivity index (χ0) is 8.77. The summed E-state index contributed by atoms with van der Waals surface area (Å²) in [5.74, 6) is 2.02. The van der Waals surface area contributed by atoms with Crippen molar-refractivity contribution in [2.45, 2.75) is 25.2 Å². The molecule has 1 aromatic rings. The molecule has 0 amide bonds. The number of rotatable bonds is 2. The van der Waals surface area contributed by atoms with E-state index in [0.717, 1.165) is 24.5 Å². The Morgan fingerprint density at radius 2 is 2.17 bits per heavy atom. The zero-order valence-corrected chi connectivity index (χ0v) is 7.54. The van der Waals surface area contributed by atoms with Crippen molar-refractivity contribution < 1.29 is 0 Å². The van der Waals surface area contributed by atoms with E-state index in [1.807, 2.05) is 18.5 Å². The molecule has 0 atom stereocenters. The minimum atomic E-state index is 0.163. The lowest BCUT2D eigenvalue weighted by atomic mass is 10.1. The van der Waals surface area contributed by atoms with E-state index in [-0.39, 0.29) is 5.41 Å². The maximum Gasteiger partial charge on any atom is 0.140 e. The van der Waals surface area contributed by atoms with Crippen LogP contribution in [0, 0.1) is 6.92 Å². The van der Waals surface area contributed by atoms with E-state index >= 15 is 0 Å². The topological polar surface area (TPSA) is 56.7 Å². The fraction of sp³-hybridized carbons (Fsp3) is 0.750. The standard InChI is InChI=1S/C8H14N4/c1-6-10-11-7(12(6)2)8(5-9)3-4-8/h3-5,9H2,1-2H3. The Labute approximate surface area is 71.8 Å². The number of aromatic nitrogens is 3. The summed E-state index contributed by atoms with van der Waals surface area (Å²) in [6, 6.07) is 0. The van der Waals surface area contributed by atoms with Crippen molar-refractivity contribution in [3.05, 3.63) is 11.6 Å². The third-order valence-corrected chi connectivity index (χ3v) is 2.81. The molecule has 1 aliphatic rings. The molecule has 1 heterocycles. The molecule has 2 rings (SSSR count). The Balaban J connectivity index is 2.40. The van der Waals surface area contributed by atoms with Crippen molar-refractivity contribution in [2.24, 2.45) is 12.8 Å². The van der Waals surface area contributed by atoms with Crippen LogP contribution in [-0.4, -0.2) is 21.3 Å². The van der Waals surface area contributed by atoms with Gasteiger partial charge in [-0.25, -0.2) is 0 Å². The van der Waals surface area contributed by atoms with Crippen molar-refractivity contribution in [2.75, 3.05) is 6.54 Å². The highest BCUT2D eigenvalue weighted by Crippen LogP contribution is 2.46. The van der Waals surface area contributed by atoms with Gasteiger partial charge in [-0.15, -0.1) is 10.2 Å². The van der Waals surface area contributed by atoms with Crippen LogP contribution in [0.2, 0.25) is 0 Å². The first-order valence-corrected chi connectivity index (χ1v) is 4.26. The van der Waals surface area contributed by atoms with Crippen LogP contribution >= 0.6 is 0 Å². The lowest BCUT2D eigenvalue weighted by Gasteiger charge is -2.10. The van der Waals surface area contributed by atoms with Crippen molar-refractivity contribution in [1.29, 1.82) is 0 Å². The smallest absolute Gasteiger partial charge is 0.140 e. The largest absolute Gasteiger partial charge is 0.329 e. The number of aryl methyl sites for hydroxylation is 1. The first-order chi connectivity index (χ1) is 5.69. The molecule has 0 bridgehead atoms. The number of hydrogen-bond acceptors (Lipinski definition) is 3. The summed E-state index contributed by atoms with van der Waals surface area (Å²) in [6.45, 7) is 2.65. The van der Waals surface area contributed by atoms with Crippen LogP contribution in [-0.2, 0) is 12.5 Å². The van der Waals surface area contributed by atoms with Gasteiger partial charge in [-0.1, -0.05) is 0 Å². The van der Waals surface area contributed by atoms with Crippen molar-refractivity contribution in [3.63, 3.8) is 0 Å². The normalized spacial score (nSPS) is 19.6. The minimum absolute atomic E-state index is 0.163. The molecule has 2 N–H and O–H groups in total. The number of hydrogen-bond donors (Lipinski definition) is 1. The molecule has 0 unspecified atom stereocenters. The number of nitrogens with zero attached hydrogens (tertiary/aromatic N) is 3. The second-order valence-electron chi connectivity index (χ2n) is 3.61. The average Bonchev–Trinajstić information content (AvgIpc) is 2.79. The molecule has 1 saturated carbocycles. The van der Waals surface area contributed by atoms with Crippen LogP contribution in [0.1, 0.15) is 24.5 Å². The quantitative estimate of drug-likeness (QED) is 0.678. The Kier molecular flexibility index (Phi) is 1.48. The molecule has 0 saturated heterocycles. The van der Waals surface area contributed by atoms with E-state index in [0.29, 0.717) is 6.54 Å². The lowest BCUT2D eigenvalue weighted by Crippen LogP contribution is -2.23. The van der Waals surface area contributed by atoms with Gasteiger partial charge < -0.3 is 10.3 Å². The summed E-state index contributed by atoms with van der Waals surface area (Å²) in [4.78, 5) is 0. The maximum atomic E-state index is 5.70. The highest BCUT2D eigenvalue weighted by molar-refractivity contribution is 5.19. The molecule has 1 fully saturated rings. The van der Waals surface area contributed by atoms with Crippen LogP contribution in [0.3, 0.4) is 0 Å². The molecule has 4 heteroatoms. The number of nitrogens with two attached hydrogens (primary N) is 1. The van der Waals surface area contributed by atoms with Crippen molar-refractivity contribution in [3.8, 4) is 0 Å². The average molecular weight is 166 g/mol. The van der Waals surface area contributed by atoms with Gasteiger partial charge >= 0.3 is 0 Å². The van der Waals surface area contributed by atoms with Gasteiger partial charge in [0.05, 0.1) is 0 Å². The molecule has 12 heavy (non-hydrogen) atoms. The summed E-state index contributed by atoms with van der Waals surface area (Å²) >= 11 is 0. The third kappa shape index (κ3) is 0.876. The molecule has 0 aliphatic heterocycles. The Bertz CT molecular complexity index is 298. The first kappa shape index (κ1) is 7.73. The minimum Gasteiger partial charge on any atom is -0.329 e. The van der Waals surface area contributed by atoms with E-state index in [1.165, 1.54) is 0 Å². The van der Waals surface area contributed by atoms with E-state index in [4.69, 9.17) is 5.73 Å². The monoisotopic (exact) mass is 166 g/mol. The van der Waals surface area contributed by atoms with E-state index in [2.05, 4.69) is 10.2 Å². The Morgan fingerprint density at radius 3 is 2.50 bits per heavy atom. The van der Waals surface area contributed by atoms with Gasteiger partial charge in [0.25, 0.3) is 0 Å². The molecule has 66 valence electrons. The summed E-state index contributed by atoms with van der Waals surface area (Å²) in [6.07, 6.45) is 2.32. The summed E-state index contributed by atoms with van der Waals surface area (Å²) in [7, 11) is 2.00. The van der Waals surface area contributed by atoms with Gasteiger partial charge in [0.1, 0.15) is 11.6 Å². The molecule has 1 aromatic heterocycles. The Hall–Kier alpha value is -0.900. The van der Waals surface area contributed by atoms with Crippen LogP contribution in [0.25, 0.3) is 0 Å². The highest BCUT2D eigenvalue weighted by atomic mass is 15.3. The predicted molar refractivity (Wildman–Crippen MR) is 45.7 cm³/mol. The molecule has 0 aromatic carbocycles. The van der Waals surface area contributed by atoms with Crippen molar-refractivity contribution >= 4 is 0 Å². The molecular weight excluding hydrogens is 152 g/mol. The van der Waals surface area contributed by atoms with Gasteiger partial charge in [-0.3, -0.25) is 0 Å². The molecule has 0 spiro atoms. The molecule has 4 nitrogen and oxygen atoms in total. The Morgan fingerprint density at radius 1 is 1.50 bits per heavy atom. The fourth-order valence-corrected chi connectivity index (χ4v) is 1.54. The summed E-state index contributed by atoms with van der Waals surface area (Å²) in [5, 5.41) is 8.18. The first-order valence-electron chi connectivity index (χ1n) is 4.26. The summed E-state index contributed by atoms with van der Waals surface area (Å²) in [5.41, 5.74) is 5.86. The van der Waals surface area contributed by atoms with E-state index in [1.54, 1.807) is 0 Å². The van der Waals surface area contributed by atoms with Crippen LogP contribution in [0.4, 0.5) is 0 Å². The van der Waals surface area contributed by atoms with Crippen LogP contribution < -0.4 is 5.73 Å².